The molecule has 1 heterocycles. The second-order valence-corrected chi connectivity index (χ2v) is 14.5. The molecule has 0 radical (unpaired) electrons. The average molecular weight is 461 g/mol. The van der Waals surface area contributed by atoms with Crippen molar-refractivity contribution in [3.05, 3.63) is 11.6 Å². The predicted molar refractivity (Wildman–Crippen MR) is 132 cm³/mol. The van der Waals surface area contributed by atoms with Crippen molar-refractivity contribution in [1.82, 2.24) is 0 Å². The SMILES string of the molecule is CC(C)(C)C.CC1(C)COC2(CCC3(C=O)C4=CCC5(C)C(O)CCC5C4CCC3C2)OC1. The summed E-state index contributed by atoms with van der Waals surface area (Å²) in [7, 11) is 0. The molecule has 1 aliphatic heterocycles. The van der Waals surface area contributed by atoms with Crippen LogP contribution in [0.15, 0.2) is 11.6 Å². The van der Waals surface area contributed by atoms with Gasteiger partial charge in [0.15, 0.2) is 5.79 Å². The number of carbonyl (C=O) groups is 1. The summed E-state index contributed by atoms with van der Waals surface area (Å²) in [4.78, 5) is 12.6. The fourth-order valence-electron chi connectivity index (χ4n) is 7.39. The Bertz CT molecular complexity index is 761. The molecule has 5 rings (SSSR count). The molecule has 3 saturated carbocycles. The molecule has 1 spiro atoms. The number of hydrogen-bond donors (Lipinski definition) is 1. The Morgan fingerprint density at radius 3 is 2.24 bits per heavy atom. The largest absolute Gasteiger partial charge is 0.393 e. The van der Waals surface area contributed by atoms with E-state index < -0.39 is 5.79 Å². The van der Waals surface area contributed by atoms with Gasteiger partial charge in [0.25, 0.3) is 0 Å². The van der Waals surface area contributed by atoms with E-state index in [0.29, 0.717) is 23.2 Å². The Morgan fingerprint density at radius 1 is 1.00 bits per heavy atom. The smallest absolute Gasteiger partial charge is 0.168 e. The number of carbonyl (C=O) groups excluding carboxylic acids is 1. The molecule has 5 aliphatic rings. The van der Waals surface area contributed by atoms with Crippen molar-refractivity contribution in [3.63, 3.8) is 0 Å². The highest BCUT2D eigenvalue weighted by atomic mass is 16.7. The molecule has 33 heavy (non-hydrogen) atoms. The van der Waals surface area contributed by atoms with E-state index in [0.717, 1.165) is 64.6 Å². The first-order chi connectivity index (χ1) is 15.2. The van der Waals surface area contributed by atoms with Gasteiger partial charge in [0, 0.05) is 23.7 Å². The van der Waals surface area contributed by atoms with E-state index in [1.54, 1.807) is 0 Å². The molecular formula is C29H48O4. The Labute approximate surface area is 201 Å². The first-order valence-corrected chi connectivity index (χ1v) is 13.4. The second-order valence-electron chi connectivity index (χ2n) is 14.5. The summed E-state index contributed by atoms with van der Waals surface area (Å²) < 4.78 is 12.6. The van der Waals surface area contributed by atoms with Crippen molar-refractivity contribution in [2.45, 2.75) is 112 Å². The van der Waals surface area contributed by atoms with E-state index in [1.165, 1.54) is 11.9 Å². The van der Waals surface area contributed by atoms with Gasteiger partial charge < -0.3 is 19.4 Å². The number of allylic oxidation sites excluding steroid dienone is 2. The fraction of sp³-hybridized carbons (Fsp3) is 0.897. The minimum Gasteiger partial charge on any atom is -0.393 e. The van der Waals surface area contributed by atoms with Crippen LogP contribution in [0.3, 0.4) is 0 Å². The third kappa shape index (κ3) is 4.61. The first kappa shape index (κ1) is 25.4. The summed E-state index contributed by atoms with van der Waals surface area (Å²) in [5.74, 6) is 0.836. The van der Waals surface area contributed by atoms with Crippen molar-refractivity contribution >= 4 is 6.29 Å². The molecule has 4 aliphatic carbocycles. The summed E-state index contributed by atoms with van der Waals surface area (Å²) in [5.41, 5.74) is 1.65. The summed E-state index contributed by atoms with van der Waals surface area (Å²) in [6.45, 7) is 16.9. The molecular weight excluding hydrogens is 412 g/mol. The number of aliphatic hydroxyl groups is 1. The highest BCUT2D eigenvalue weighted by molar-refractivity contribution is 5.67. The minimum absolute atomic E-state index is 0.00212. The number of aldehydes is 1. The van der Waals surface area contributed by atoms with Crippen molar-refractivity contribution in [1.29, 1.82) is 0 Å². The van der Waals surface area contributed by atoms with E-state index in [1.807, 2.05) is 0 Å². The van der Waals surface area contributed by atoms with Crippen LogP contribution >= 0.6 is 0 Å². The maximum absolute atomic E-state index is 12.6. The molecule has 0 aromatic heterocycles. The molecule has 188 valence electrons. The van der Waals surface area contributed by atoms with Gasteiger partial charge in [0.05, 0.1) is 24.7 Å². The van der Waals surface area contributed by atoms with Crippen LogP contribution in [-0.2, 0) is 14.3 Å². The third-order valence-electron chi connectivity index (χ3n) is 9.24. The standard InChI is InChI=1S/C24H36O4.C5H12/c1-21(2)14-27-24(28-15-21)11-10-23(13-25)16(12-24)4-5-17-18-6-7-20(26)22(18,3)9-8-19(17)23;1-5(2,3)4/h8,13,16-18,20,26H,4-7,9-12,14-15H2,1-3H3;1-4H3. The summed E-state index contributed by atoms with van der Waals surface area (Å²) >= 11 is 0. The molecule has 1 N–H and O–H groups in total. The monoisotopic (exact) mass is 460 g/mol. The van der Waals surface area contributed by atoms with Crippen molar-refractivity contribution in [2.24, 2.45) is 39.4 Å². The Morgan fingerprint density at radius 2 is 1.64 bits per heavy atom. The molecule has 4 nitrogen and oxygen atoms in total. The Balaban J connectivity index is 0.000000471. The van der Waals surface area contributed by atoms with Crippen LogP contribution in [0.5, 0.6) is 0 Å². The lowest BCUT2D eigenvalue weighted by atomic mass is 9.48. The van der Waals surface area contributed by atoms with Gasteiger partial charge in [-0.15, -0.1) is 0 Å². The van der Waals surface area contributed by atoms with Crippen molar-refractivity contribution in [3.8, 4) is 0 Å². The average Bonchev–Trinajstić information content (AvgIpc) is 3.04. The van der Waals surface area contributed by atoms with Gasteiger partial charge in [-0.05, 0) is 61.7 Å². The maximum Gasteiger partial charge on any atom is 0.168 e. The zero-order valence-corrected chi connectivity index (χ0v) is 22.2. The van der Waals surface area contributed by atoms with E-state index in [2.05, 4.69) is 54.5 Å². The highest BCUT2D eigenvalue weighted by Crippen LogP contribution is 2.65. The molecule has 0 aromatic rings. The maximum atomic E-state index is 12.6. The van der Waals surface area contributed by atoms with E-state index in [9.17, 15) is 9.90 Å². The van der Waals surface area contributed by atoms with Gasteiger partial charge in [-0.2, -0.15) is 0 Å². The van der Waals surface area contributed by atoms with Gasteiger partial charge in [-0.25, -0.2) is 0 Å². The lowest BCUT2D eigenvalue weighted by Crippen LogP contribution is -2.57. The quantitative estimate of drug-likeness (QED) is 0.368. The molecule has 0 amide bonds. The summed E-state index contributed by atoms with van der Waals surface area (Å²) in [6, 6.07) is 0. The van der Waals surface area contributed by atoms with Crippen LogP contribution in [0.2, 0.25) is 0 Å². The van der Waals surface area contributed by atoms with Gasteiger partial charge in [0.2, 0.25) is 0 Å². The summed E-state index contributed by atoms with van der Waals surface area (Å²) in [6.07, 6.45) is 11.1. The molecule has 4 fully saturated rings. The second kappa shape index (κ2) is 8.45. The van der Waals surface area contributed by atoms with Crippen molar-refractivity contribution < 1.29 is 19.4 Å². The van der Waals surface area contributed by atoms with E-state index in [-0.39, 0.29) is 22.3 Å². The molecule has 0 aromatic carbocycles. The van der Waals surface area contributed by atoms with Crippen LogP contribution in [0.25, 0.3) is 0 Å². The Hall–Kier alpha value is -0.710. The van der Waals surface area contributed by atoms with E-state index in [4.69, 9.17) is 9.47 Å². The predicted octanol–water partition coefficient (Wildman–Crippen LogP) is 6.31. The minimum atomic E-state index is -0.479. The van der Waals surface area contributed by atoms with Crippen molar-refractivity contribution in [2.75, 3.05) is 13.2 Å². The highest BCUT2D eigenvalue weighted by Gasteiger charge is 2.61. The molecule has 4 heteroatoms. The fourth-order valence-corrected chi connectivity index (χ4v) is 7.39. The molecule has 6 atom stereocenters. The van der Waals surface area contributed by atoms with Crippen LogP contribution in [0, 0.1) is 39.4 Å². The molecule has 6 unspecified atom stereocenters. The summed E-state index contributed by atoms with van der Waals surface area (Å²) in [5, 5.41) is 10.6. The number of rotatable bonds is 1. The van der Waals surface area contributed by atoms with E-state index >= 15 is 0 Å². The molecule has 0 bridgehead atoms. The van der Waals surface area contributed by atoms with Gasteiger partial charge >= 0.3 is 0 Å². The van der Waals surface area contributed by atoms with Gasteiger partial charge in [-0.3, -0.25) is 0 Å². The zero-order valence-electron chi connectivity index (χ0n) is 22.2. The van der Waals surface area contributed by atoms with Crippen LogP contribution in [0.1, 0.15) is 99.8 Å². The lowest BCUT2D eigenvalue weighted by molar-refractivity contribution is -0.322. The Kier molecular flexibility index (Phi) is 6.50. The molecule has 1 saturated heterocycles. The van der Waals surface area contributed by atoms with Crippen LogP contribution < -0.4 is 0 Å². The topological polar surface area (TPSA) is 55.8 Å². The normalized spacial score (nSPS) is 43.3. The number of ether oxygens (including phenoxy) is 2. The van der Waals surface area contributed by atoms with Crippen LogP contribution in [0.4, 0.5) is 0 Å². The van der Waals surface area contributed by atoms with Crippen LogP contribution in [-0.4, -0.2) is 36.5 Å². The first-order valence-electron chi connectivity index (χ1n) is 13.4. The van der Waals surface area contributed by atoms with Gasteiger partial charge in [-0.1, -0.05) is 60.1 Å². The van der Waals surface area contributed by atoms with Gasteiger partial charge in [0.1, 0.15) is 6.29 Å². The lowest BCUT2D eigenvalue weighted by Gasteiger charge is -2.58. The number of fused-ring (bicyclic) bond motifs is 5. The number of hydrogen-bond acceptors (Lipinski definition) is 4. The third-order valence-corrected chi connectivity index (χ3v) is 9.24. The zero-order chi connectivity index (χ0) is 24.3. The number of aliphatic hydroxyl groups excluding tert-OH is 1.